The highest BCUT2D eigenvalue weighted by Gasteiger charge is 2.31. The number of aromatic carboxylic acids is 1. The number of likely N-dealkylation sites (N-methyl/N-ethyl adjacent to an activating group) is 1. The minimum Gasteiger partial charge on any atom is -0.478 e. The first-order chi connectivity index (χ1) is 17.3. The molecule has 1 fully saturated rings. The number of rotatable bonds is 5. The average Bonchev–Trinajstić information content (AvgIpc) is 3.29. The van der Waals surface area contributed by atoms with Crippen LogP contribution < -0.4 is 0 Å². The van der Waals surface area contributed by atoms with Gasteiger partial charge in [0, 0.05) is 35.8 Å². The Morgan fingerprint density at radius 2 is 1.75 bits per heavy atom. The minimum absolute atomic E-state index is 0.157. The maximum absolute atomic E-state index is 13.4. The smallest absolute Gasteiger partial charge is 0.335 e. The Balaban J connectivity index is 1.50. The molecule has 5 rings (SSSR count). The zero-order chi connectivity index (χ0) is 25.4. The van der Waals surface area contributed by atoms with Crippen LogP contribution in [0.3, 0.4) is 0 Å². The molecule has 0 radical (unpaired) electrons. The van der Waals surface area contributed by atoms with E-state index < -0.39 is 5.97 Å². The lowest BCUT2D eigenvalue weighted by atomic mass is 10.1. The number of carbonyl (C=O) groups is 2. The molecule has 1 N–H and O–H groups in total. The molecule has 4 aromatic rings. The zero-order valence-electron chi connectivity index (χ0n) is 19.6. The number of thioether (sulfide) groups is 1. The molecule has 0 spiro atoms. The van der Waals surface area contributed by atoms with E-state index >= 15 is 0 Å². The van der Waals surface area contributed by atoms with Gasteiger partial charge in [0.15, 0.2) is 5.17 Å². The van der Waals surface area contributed by atoms with Crippen molar-refractivity contribution < 1.29 is 19.1 Å². The third-order valence-electron chi connectivity index (χ3n) is 6.15. The number of hydrogen-bond acceptors (Lipinski definition) is 4. The van der Waals surface area contributed by atoms with Crippen LogP contribution in [0.1, 0.15) is 27.2 Å². The number of amides is 1. The van der Waals surface area contributed by atoms with Gasteiger partial charge < -0.3 is 9.67 Å². The van der Waals surface area contributed by atoms with Crippen LogP contribution in [0.25, 0.3) is 17.0 Å². The lowest BCUT2D eigenvalue weighted by Crippen LogP contribution is -2.23. The summed E-state index contributed by atoms with van der Waals surface area (Å²) in [4.78, 5) is 30.7. The fraction of sp³-hybridized carbons (Fsp3) is 0.107. The van der Waals surface area contributed by atoms with Crippen LogP contribution in [0.2, 0.25) is 0 Å². The summed E-state index contributed by atoms with van der Waals surface area (Å²) in [5, 5.41) is 10.6. The van der Waals surface area contributed by atoms with Gasteiger partial charge in [0.1, 0.15) is 5.82 Å². The summed E-state index contributed by atoms with van der Waals surface area (Å²) in [6, 6.07) is 20.7. The summed E-state index contributed by atoms with van der Waals surface area (Å²) in [6.07, 6.45) is 1.90. The number of carboxylic acid groups (broad SMARTS) is 1. The van der Waals surface area contributed by atoms with Gasteiger partial charge in [-0.15, -0.1) is 0 Å². The highest BCUT2D eigenvalue weighted by atomic mass is 32.2. The first kappa shape index (κ1) is 23.6. The number of carbonyl (C=O) groups excluding carboxylic acids is 1. The van der Waals surface area contributed by atoms with Crippen molar-refractivity contribution in [3.63, 3.8) is 0 Å². The maximum atomic E-state index is 13.4. The van der Waals surface area contributed by atoms with Crippen LogP contribution in [0.4, 0.5) is 10.1 Å². The van der Waals surface area contributed by atoms with Gasteiger partial charge in [0.25, 0.3) is 5.91 Å². The largest absolute Gasteiger partial charge is 0.478 e. The van der Waals surface area contributed by atoms with Crippen molar-refractivity contribution >= 4 is 51.5 Å². The van der Waals surface area contributed by atoms with Crippen molar-refractivity contribution in [2.75, 3.05) is 7.05 Å². The molecule has 1 aromatic heterocycles. The van der Waals surface area contributed by atoms with Crippen LogP contribution >= 0.6 is 11.8 Å². The number of benzene rings is 3. The van der Waals surface area contributed by atoms with E-state index in [1.165, 1.54) is 40.9 Å². The second kappa shape index (κ2) is 9.47. The molecule has 0 unspecified atom stereocenters. The molecule has 180 valence electrons. The topological polar surface area (TPSA) is 74.9 Å². The molecule has 0 bridgehead atoms. The highest BCUT2D eigenvalue weighted by molar-refractivity contribution is 8.18. The number of amidine groups is 1. The molecule has 8 heteroatoms. The van der Waals surface area contributed by atoms with Gasteiger partial charge >= 0.3 is 5.97 Å². The Morgan fingerprint density at radius 1 is 1.06 bits per heavy atom. The Morgan fingerprint density at radius 3 is 2.44 bits per heavy atom. The predicted octanol–water partition coefficient (Wildman–Crippen LogP) is 6.07. The second-order valence-corrected chi connectivity index (χ2v) is 9.46. The predicted molar refractivity (Wildman–Crippen MR) is 141 cm³/mol. The van der Waals surface area contributed by atoms with E-state index in [0.29, 0.717) is 22.3 Å². The molecule has 36 heavy (non-hydrogen) atoms. The Bertz CT molecular complexity index is 1550. The molecule has 1 amide bonds. The molecule has 0 aliphatic carbocycles. The monoisotopic (exact) mass is 499 g/mol. The van der Waals surface area contributed by atoms with Crippen LogP contribution in [-0.2, 0) is 11.3 Å². The van der Waals surface area contributed by atoms with E-state index in [1.54, 1.807) is 31.3 Å². The van der Waals surface area contributed by atoms with Crippen molar-refractivity contribution in [3.8, 4) is 0 Å². The minimum atomic E-state index is -1.00. The Labute approximate surface area is 211 Å². The number of hydrogen-bond donors (Lipinski definition) is 1. The van der Waals surface area contributed by atoms with E-state index in [-0.39, 0.29) is 17.3 Å². The van der Waals surface area contributed by atoms with Gasteiger partial charge in [-0.25, -0.2) is 14.2 Å². The van der Waals surface area contributed by atoms with E-state index in [4.69, 9.17) is 5.11 Å². The third kappa shape index (κ3) is 4.43. The Kier molecular flexibility index (Phi) is 6.20. The van der Waals surface area contributed by atoms with E-state index in [1.807, 2.05) is 37.3 Å². The molecule has 2 heterocycles. The third-order valence-corrected chi connectivity index (χ3v) is 7.21. The van der Waals surface area contributed by atoms with E-state index in [0.717, 1.165) is 27.7 Å². The first-order valence-corrected chi connectivity index (χ1v) is 12.1. The Hall–Kier alpha value is -4.17. The van der Waals surface area contributed by atoms with Gasteiger partial charge in [-0.1, -0.05) is 30.3 Å². The lowest BCUT2D eigenvalue weighted by molar-refractivity contribution is -0.121. The maximum Gasteiger partial charge on any atom is 0.335 e. The van der Waals surface area contributed by atoms with E-state index in [2.05, 4.69) is 9.56 Å². The van der Waals surface area contributed by atoms with Crippen molar-refractivity contribution in [3.05, 3.63) is 106 Å². The molecule has 0 atom stereocenters. The zero-order valence-corrected chi connectivity index (χ0v) is 20.4. The summed E-state index contributed by atoms with van der Waals surface area (Å²) in [6.45, 7) is 2.60. The van der Waals surface area contributed by atoms with Crippen molar-refractivity contribution in [1.82, 2.24) is 9.47 Å². The fourth-order valence-corrected chi connectivity index (χ4v) is 5.16. The summed E-state index contributed by atoms with van der Waals surface area (Å²) < 4.78 is 15.6. The SMILES string of the molecule is Cc1c(/C=C2/SC(=Nc3ccc(C(=O)O)cc3)N(C)C2=O)c2ccccc2n1Cc1ccc(F)cc1. The molecular weight excluding hydrogens is 477 g/mol. The summed E-state index contributed by atoms with van der Waals surface area (Å²) in [5.74, 6) is -1.43. The average molecular weight is 500 g/mol. The van der Waals surface area contributed by atoms with Gasteiger partial charge in [0.05, 0.1) is 16.2 Å². The molecule has 0 saturated carbocycles. The number of para-hydroxylation sites is 1. The van der Waals surface area contributed by atoms with Crippen molar-refractivity contribution in [2.24, 2.45) is 4.99 Å². The number of fused-ring (bicyclic) bond motifs is 1. The van der Waals surface area contributed by atoms with Crippen LogP contribution in [0, 0.1) is 12.7 Å². The quantitative estimate of drug-likeness (QED) is 0.338. The number of carboxylic acids is 1. The number of aromatic nitrogens is 1. The molecule has 6 nitrogen and oxygen atoms in total. The number of nitrogens with zero attached hydrogens (tertiary/aromatic N) is 3. The van der Waals surface area contributed by atoms with Crippen molar-refractivity contribution in [1.29, 1.82) is 0 Å². The molecule has 1 aliphatic heterocycles. The second-order valence-electron chi connectivity index (χ2n) is 8.45. The fourth-order valence-electron chi connectivity index (χ4n) is 4.19. The summed E-state index contributed by atoms with van der Waals surface area (Å²) >= 11 is 1.28. The van der Waals surface area contributed by atoms with Crippen LogP contribution in [0.5, 0.6) is 0 Å². The normalized spacial score (nSPS) is 16.0. The number of halogens is 1. The lowest BCUT2D eigenvalue weighted by Gasteiger charge is -2.09. The summed E-state index contributed by atoms with van der Waals surface area (Å²) in [5.41, 5.74) is 4.70. The first-order valence-electron chi connectivity index (χ1n) is 11.2. The molecule has 1 saturated heterocycles. The molecular formula is C28H22FN3O3S. The van der Waals surface area contributed by atoms with Gasteiger partial charge in [-0.3, -0.25) is 9.69 Å². The van der Waals surface area contributed by atoms with Crippen molar-refractivity contribution in [2.45, 2.75) is 13.5 Å². The van der Waals surface area contributed by atoms with E-state index in [9.17, 15) is 14.0 Å². The molecule has 3 aromatic carbocycles. The molecule has 1 aliphatic rings. The van der Waals surface area contributed by atoms with Gasteiger partial charge in [-0.2, -0.15) is 0 Å². The van der Waals surface area contributed by atoms with Crippen LogP contribution in [-0.4, -0.2) is 38.7 Å². The number of aliphatic imine (C=N–C) groups is 1. The standard InChI is InChI=1S/C28H22FN3O3S/c1-17-23(22-5-3-4-6-24(22)32(17)16-18-7-11-20(29)12-8-18)15-25-26(33)31(2)28(36-25)30-21-13-9-19(10-14-21)27(34)35/h3-15H,16H2,1-2H3,(H,34,35)/b25-15+,30-28?. The summed E-state index contributed by atoms with van der Waals surface area (Å²) in [7, 11) is 1.67. The van der Waals surface area contributed by atoms with Gasteiger partial charge in [-0.05, 0) is 72.8 Å². The van der Waals surface area contributed by atoms with Gasteiger partial charge in [0.2, 0.25) is 0 Å². The highest BCUT2D eigenvalue weighted by Crippen LogP contribution is 2.36. The van der Waals surface area contributed by atoms with Crippen LogP contribution in [0.15, 0.2) is 82.7 Å².